The summed E-state index contributed by atoms with van der Waals surface area (Å²) in [7, 11) is -6.52. The van der Waals surface area contributed by atoms with Crippen molar-refractivity contribution >= 4 is 114 Å². The fraction of sp³-hybridized carbons (Fsp3) is 0.300. The number of halogens is 5. The van der Waals surface area contributed by atoms with Crippen molar-refractivity contribution in [1.82, 2.24) is 24.7 Å². The van der Waals surface area contributed by atoms with E-state index in [1.54, 1.807) is 0 Å². The molecule has 54 heavy (non-hydrogen) atoms. The van der Waals surface area contributed by atoms with Crippen molar-refractivity contribution in [2.45, 2.75) is 40.5 Å². The molecule has 0 aliphatic rings. The van der Waals surface area contributed by atoms with E-state index in [1.807, 2.05) is 0 Å². The van der Waals surface area contributed by atoms with Crippen LogP contribution in [0.3, 0.4) is 0 Å². The molecule has 0 saturated heterocycles. The van der Waals surface area contributed by atoms with E-state index in [-0.39, 0.29) is 65.0 Å². The normalized spacial score (nSPS) is 11.7. The molecule has 3 N–H and O–H groups in total. The summed E-state index contributed by atoms with van der Waals surface area (Å²) in [5.41, 5.74) is 0.744. The van der Waals surface area contributed by atoms with Crippen LogP contribution in [0, 0.1) is 0 Å². The van der Waals surface area contributed by atoms with E-state index in [0.717, 1.165) is 17.8 Å². The van der Waals surface area contributed by atoms with Crippen LogP contribution in [0.4, 0.5) is 5.82 Å². The molecule has 0 aliphatic carbocycles. The van der Waals surface area contributed by atoms with Crippen LogP contribution in [-0.2, 0) is 29.6 Å². The Kier molecular flexibility index (Phi) is 17.1. The van der Waals surface area contributed by atoms with Gasteiger partial charge in [0.2, 0.25) is 21.7 Å². The number of anilines is 1. The lowest BCUT2D eigenvalue weighted by Gasteiger charge is -2.16. The molecule has 0 aliphatic heterocycles. The molecule has 24 heteroatoms. The topological polar surface area (TPSA) is 209 Å². The van der Waals surface area contributed by atoms with Gasteiger partial charge in [0.15, 0.2) is 0 Å². The highest BCUT2D eigenvalue weighted by Gasteiger charge is 2.25. The maximum atomic E-state index is 12.6. The van der Waals surface area contributed by atoms with Gasteiger partial charge in [-0.25, -0.2) is 36.8 Å². The van der Waals surface area contributed by atoms with Gasteiger partial charge < -0.3 is 19.3 Å². The summed E-state index contributed by atoms with van der Waals surface area (Å²) >= 11 is 28.5. The number of carboxylic acids is 1. The Morgan fingerprint density at radius 2 is 1.56 bits per heavy atom. The zero-order valence-corrected chi connectivity index (χ0v) is 37.0. The number of aromatic nitrogens is 4. The van der Waals surface area contributed by atoms with Crippen molar-refractivity contribution in [3.05, 3.63) is 67.4 Å². The Bertz CT molecular complexity index is 2210. The minimum Gasteiger partial charge on any atom is -0.481 e. The van der Waals surface area contributed by atoms with Crippen molar-refractivity contribution in [3.8, 4) is 23.0 Å². The number of nitrogens with zero attached hydrogens (tertiary/aromatic N) is 4. The number of thioether (sulfide) groups is 1. The fourth-order valence-electron chi connectivity index (χ4n) is 3.90. The van der Waals surface area contributed by atoms with Crippen LogP contribution in [0.1, 0.15) is 0 Å². The molecule has 0 unspecified atom stereocenters. The van der Waals surface area contributed by atoms with Gasteiger partial charge >= 0.3 is 5.97 Å². The lowest BCUT2D eigenvalue weighted by molar-refractivity contribution is -0.133. The van der Waals surface area contributed by atoms with Crippen molar-refractivity contribution < 1.29 is 40.9 Å². The Balaban J connectivity index is 0.000000294. The molecule has 0 amide bonds. The van der Waals surface area contributed by atoms with Crippen LogP contribution in [0.25, 0.3) is 11.3 Å². The Morgan fingerprint density at radius 1 is 0.889 bits per heavy atom. The molecule has 2 aromatic carbocycles. The number of hydrogen-bond donors (Lipinski definition) is 3. The van der Waals surface area contributed by atoms with Gasteiger partial charge in [-0.05, 0) is 46.2 Å². The summed E-state index contributed by atoms with van der Waals surface area (Å²) in [5, 5.41) is 8.80. The van der Waals surface area contributed by atoms with Gasteiger partial charge in [0.05, 0.1) is 52.5 Å². The molecule has 0 spiro atoms. The summed E-state index contributed by atoms with van der Waals surface area (Å²) in [6.07, 6.45) is 2.71. The Morgan fingerprint density at radius 3 is 2.19 bits per heavy atom. The molecule has 0 atom stereocenters. The van der Waals surface area contributed by atoms with Crippen molar-refractivity contribution in [2.75, 3.05) is 38.0 Å². The molecular weight excluding hydrogens is 934 g/mol. The third-order valence-electron chi connectivity index (χ3n) is 6.54. The molecule has 2 heterocycles. The summed E-state index contributed by atoms with van der Waals surface area (Å²) in [4.78, 5) is 26.6. The van der Waals surface area contributed by atoms with E-state index >= 15 is 0 Å². The lowest BCUT2D eigenvalue weighted by Crippen LogP contribution is -2.28. The molecule has 0 saturated carbocycles. The Labute approximate surface area is 346 Å². The number of rotatable bonds is 16. The standard InChI is InChI=1S/C17H22BrCl2N3O4SSi.C13H11Cl2N3O5S2/c1-26-17-16(21-9-13(18)23-17)11-5-6-12(15(20)14(11)19)28(24,25)22-10-27-7-8-29(2,3)4;1-23-13-12(16-5-9(17-13)24-6-10(19)20)18-25(21,22)8-4-2-3-7(14)11(8)15/h5-6,9,22H,7-8,10H2,1-4H3;2-5H,6H2,1H3,(H,16,18)(H,19,20). The number of hydrogen-bond acceptors (Lipinski definition) is 13. The van der Waals surface area contributed by atoms with E-state index in [0.29, 0.717) is 22.5 Å². The summed E-state index contributed by atoms with van der Waals surface area (Å²) in [6, 6.07) is 7.99. The van der Waals surface area contributed by atoms with Gasteiger partial charge in [-0.3, -0.25) is 9.52 Å². The lowest BCUT2D eigenvalue weighted by atomic mass is 10.1. The van der Waals surface area contributed by atoms with Crippen LogP contribution < -0.4 is 18.9 Å². The maximum Gasteiger partial charge on any atom is 0.313 e. The highest BCUT2D eigenvalue weighted by molar-refractivity contribution is 9.10. The molecule has 0 fully saturated rings. The number of carbonyl (C=O) groups is 1. The van der Waals surface area contributed by atoms with Crippen LogP contribution in [-0.4, -0.2) is 89.2 Å². The molecule has 0 bridgehead atoms. The first-order valence-electron chi connectivity index (χ1n) is 15.1. The number of nitrogens with one attached hydrogen (secondary N) is 2. The summed E-state index contributed by atoms with van der Waals surface area (Å²) in [5.74, 6) is -1.30. The molecule has 0 radical (unpaired) electrons. The van der Waals surface area contributed by atoms with E-state index in [1.165, 1.54) is 56.9 Å². The van der Waals surface area contributed by atoms with Crippen molar-refractivity contribution in [3.63, 3.8) is 0 Å². The van der Waals surface area contributed by atoms with Gasteiger partial charge in [0.1, 0.15) is 31.8 Å². The first-order valence-corrected chi connectivity index (χ1v) is 25.0. The second-order valence-corrected chi connectivity index (χ2v) is 24.1. The largest absolute Gasteiger partial charge is 0.481 e. The van der Waals surface area contributed by atoms with E-state index in [2.05, 4.69) is 65.0 Å². The van der Waals surface area contributed by atoms with E-state index < -0.39 is 34.1 Å². The predicted octanol–water partition coefficient (Wildman–Crippen LogP) is 7.58. The second-order valence-electron chi connectivity index (χ2n) is 11.7. The van der Waals surface area contributed by atoms with Crippen LogP contribution in [0.2, 0.25) is 45.8 Å². The molecule has 294 valence electrons. The number of ether oxygens (including phenoxy) is 3. The molecular formula is C30H33BrCl4N6O9S3Si. The summed E-state index contributed by atoms with van der Waals surface area (Å²) in [6.45, 7) is 7.00. The highest BCUT2D eigenvalue weighted by atomic mass is 79.9. The molecule has 4 aromatic rings. The first-order chi connectivity index (χ1) is 25.2. The van der Waals surface area contributed by atoms with Crippen LogP contribution in [0.15, 0.2) is 62.1 Å². The van der Waals surface area contributed by atoms with E-state index in [9.17, 15) is 21.6 Å². The van der Waals surface area contributed by atoms with Gasteiger partial charge in [-0.1, -0.05) is 83.9 Å². The zero-order valence-electron chi connectivity index (χ0n) is 29.0. The number of methoxy groups -OCH3 is 2. The first kappa shape index (κ1) is 45.9. The molecule has 2 aromatic heterocycles. The van der Waals surface area contributed by atoms with Gasteiger partial charge in [-0.15, -0.1) is 0 Å². The SMILES string of the molecule is COc1nc(Br)cnc1-c1ccc(S(=O)(=O)NCOCC[Si](C)(C)C)c(Cl)c1Cl.COc1nc(SCC(=O)O)cnc1NS(=O)(=O)c1cccc(Cl)c1Cl. The third-order valence-corrected chi connectivity index (χ3v) is 14.2. The second kappa shape index (κ2) is 20.1. The monoisotopic (exact) mass is 964 g/mol. The molecule has 4 rings (SSSR count). The average Bonchev–Trinajstić information content (AvgIpc) is 3.09. The number of benzene rings is 2. The number of aliphatic carboxylic acids is 1. The number of sulfonamides is 2. The van der Waals surface area contributed by atoms with Crippen molar-refractivity contribution in [1.29, 1.82) is 0 Å². The quantitative estimate of drug-likeness (QED) is 0.0428. The minimum absolute atomic E-state index is 0.0316. The van der Waals surface area contributed by atoms with Crippen LogP contribution in [0.5, 0.6) is 11.8 Å². The smallest absolute Gasteiger partial charge is 0.313 e. The van der Waals surface area contributed by atoms with Gasteiger partial charge in [-0.2, -0.15) is 4.72 Å². The predicted molar refractivity (Wildman–Crippen MR) is 215 cm³/mol. The maximum absolute atomic E-state index is 12.6. The number of carboxylic acid groups (broad SMARTS) is 1. The fourth-order valence-corrected chi connectivity index (χ4v) is 8.99. The van der Waals surface area contributed by atoms with E-state index in [4.69, 9.17) is 65.7 Å². The van der Waals surface area contributed by atoms with Gasteiger partial charge in [0.25, 0.3) is 15.9 Å². The average molecular weight is 968 g/mol. The van der Waals surface area contributed by atoms with Crippen molar-refractivity contribution in [2.24, 2.45) is 0 Å². The highest BCUT2D eigenvalue weighted by Crippen LogP contribution is 2.40. The zero-order chi connectivity index (χ0) is 40.4. The third kappa shape index (κ3) is 13.0. The van der Waals surface area contributed by atoms with Gasteiger partial charge in [0, 0.05) is 20.2 Å². The molecule has 15 nitrogen and oxygen atoms in total. The Hall–Kier alpha value is -2.50. The minimum atomic E-state index is -4.09. The van der Waals surface area contributed by atoms with Crippen LogP contribution >= 0.6 is 74.1 Å². The summed E-state index contributed by atoms with van der Waals surface area (Å²) < 4.78 is 70.9.